The molecule has 4 heteroatoms. The molecule has 1 saturated carbocycles. The first-order valence-electron chi connectivity index (χ1n) is 7.86. The van der Waals surface area contributed by atoms with Gasteiger partial charge in [0.25, 0.3) is 0 Å². The number of ether oxygens (including phenoxy) is 1. The van der Waals surface area contributed by atoms with E-state index in [9.17, 15) is 4.79 Å². The van der Waals surface area contributed by atoms with Gasteiger partial charge in [-0.05, 0) is 44.1 Å². The molecule has 2 fully saturated rings. The monoisotopic (exact) mass is 316 g/mol. The number of hydrogen-bond donors (Lipinski definition) is 0. The summed E-state index contributed by atoms with van der Waals surface area (Å²) in [6.45, 7) is 18.9. The smallest absolute Gasteiger partial charge is 0.334 e. The molecule has 3 aliphatic rings. The van der Waals surface area contributed by atoms with Gasteiger partial charge >= 0.3 is 5.97 Å². The van der Waals surface area contributed by atoms with Crippen LogP contribution in [-0.2, 0) is 14.0 Å². The summed E-state index contributed by atoms with van der Waals surface area (Å²) in [5.41, 5.74) is 2.73. The summed E-state index contributed by atoms with van der Waals surface area (Å²) in [6, 6.07) is 0. The van der Waals surface area contributed by atoms with Crippen LogP contribution in [0.4, 0.5) is 0 Å². The van der Waals surface area contributed by atoms with Crippen molar-refractivity contribution in [3.05, 3.63) is 48.3 Å². The summed E-state index contributed by atoms with van der Waals surface area (Å²) in [4.78, 5) is 11.9. The standard InChI is InChI=1S/C18H24O3Si/c1-10-7-8-13-11(2)18(19)20-17(13)16-12(3)15(9-14(10)16)21-22(4,5)6/h9,13-14,16-17H,1-3,7-8H2,4-6H3/t13-,14-,16-,17-/m0/s1. The van der Waals surface area contributed by atoms with Crippen molar-refractivity contribution < 1.29 is 14.0 Å². The molecule has 2 aliphatic carbocycles. The van der Waals surface area contributed by atoms with Crippen LogP contribution in [0.2, 0.25) is 19.6 Å². The van der Waals surface area contributed by atoms with E-state index in [-0.39, 0.29) is 29.8 Å². The number of esters is 1. The molecule has 0 N–H and O–H groups in total. The van der Waals surface area contributed by atoms with Gasteiger partial charge < -0.3 is 9.16 Å². The number of allylic oxidation sites excluding steroid dienone is 3. The van der Waals surface area contributed by atoms with Crippen molar-refractivity contribution in [3.8, 4) is 0 Å². The zero-order valence-corrected chi connectivity index (χ0v) is 14.6. The molecule has 4 atom stereocenters. The highest BCUT2D eigenvalue weighted by Gasteiger charge is 2.51. The minimum absolute atomic E-state index is 0.0505. The average Bonchev–Trinajstić information content (AvgIpc) is 2.80. The first-order valence-corrected chi connectivity index (χ1v) is 11.3. The Morgan fingerprint density at radius 1 is 1.23 bits per heavy atom. The van der Waals surface area contributed by atoms with Crippen LogP contribution in [0.25, 0.3) is 0 Å². The third-order valence-corrected chi connectivity index (χ3v) is 5.64. The SMILES string of the molecule is C=C1C(O[Si](C)(C)C)=C[C@H]2C(=C)CC[C@H]3C(=C)C(=O)O[C@@H]3[C@@H]12. The number of carbonyl (C=O) groups is 1. The molecule has 0 amide bonds. The summed E-state index contributed by atoms with van der Waals surface area (Å²) in [5, 5.41) is 0. The van der Waals surface area contributed by atoms with E-state index in [0.29, 0.717) is 5.57 Å². The normalized spacial score (nSPS) is 34.8. The topological polar surface area (TPSA) is 35.5 Å². The first-order chi connectivity index (χ1) is 10.2. The lowest BCUT2D eigenvalue weighted by Gasteiger charge is -2.27. The van der Waals surface area contributed by atoms with Gasteiger partial charge in [0.2, 0.25) is 8.32 Å². The number of fused-ring (bicyclic) bond motifs is 3. The van der Waals surface area contributed by atoms with Crippen molar-refractivity contribution in [2.75, 3.05) is 0 Å². The summed E-state index contributed by atoms with van der Waals surface area (Å²) in [5.74, 6) is 0.913. The summed E-state index contributed by atoms with van der Waals surface area (Å²) in [7, 11) is -1.71. The van der Waals surface area contributed by atoms with Crippen molar-refractivity contribution in [2.24, 2.45) is 17.8 Å². The Morgan fingerprint density at radius 2 is 1.91 bits per heavy atom. The fourth-order valence-corrected chi connectivity index (χ4v) is 4.62. The second kappa shape index (κ2) is 4.98. The van der Waals surface area contributed by atoms with Gasteiger partial charge in [-0.3, -0.25) is 0 Å². The lowest BCUT2D eigenvalue weighted by molar-refractivity contribution is -0.140. The molecule has 0 spiro atoms. The van der Waals surface area contributed by atoms with Gasteiger partial charge in [-0.25, -0.2) is 4.79 Å². The second-order valence-corrected chi connectivity index (χ2v) is 11.9. The highest BCUT2D eigenvalue weighted by atomic mass is 28.4. The maximum Gasteiger partial charge on any atom is 0.334 e. The van der Waals surface area contributed by atoms with Crippen molar-refractivity contribution >= 4 is 14.3 Å². The molecule has 3 nitrogen and oxygen atoms in total. The Hall–Kier alpha value is -1.55. The van der Waals surface area contributed by atoms with E-state index in [1.54, 1.807) is 0 Å². The molecule has 1 aliphatic heterocycles. The predicted molar refractivity (Wildman–Crippen MR) is 89.5 cm³/mol. The van der Waals surface area contributed by atoms with Crippen LogP contribution in [0.1, 0.15) is 12.8 Å². The van der Waals surface area contributed by atoms with Crippen LogP contribution >= 0.6 is 0 Å². The van der Waals surface area contributed by atoms with Crippen LogP contribution in [0.15, 0.2) is 48.3 Å². The van der Waals surface area contributed by atoms with Gasteiger partial charge in [0.05, 0.1) is 0 Å². The lowest BCUT2D eigenvalue weighted by atomic mass is 9.81. The third-order valence-electron chi connectivity index (χ3n) is 4.80. The summed E-state index contributed by atoms with van der Waals surface area (Å²) >= 11 is 0. The molecule has 0 radical (unpaired) electrons. The van der Waals surface area contributed by atoms with E-state index < -0.39 is 8.32 Å². The van der Waals surface area contributed by atoms with Gasteiger partial charge in [0.15, 0.2) is 0 Å². The van der Waals surface area contributed by atoms with Crippen molar-refractivity contribution in [1.82, 2.24) is 0 Å². The number of hydrogen-bond acceptors (Lipinski definition) is 3. The highest BCUT2D eigenvalue weighted by Crippen LogP contribution is 2.51. The van der Waals surface area contributed by atoms with Gasteiger partial charge in [-0.15, -0.1) is 0 Å². The third kappa shape index (κ3) is 2.39. The van der Waals surface area contributed by atoms with E-state index in [2.05, 4.69) is 45.5 Å². The van der Waals surface area contributed by atoms with Crippen LogP contribution in [0.3, 0.4) is 0 Å². The van der Waals surface area contributed by atoms with Gasteiger partial charge in [-0.1, -0.05) is 25.3 Å². The Morgan fingerprint density at radius 3 is 2.55 bits per heavy atom. The minimum atomic E-state index is -1.71. The highest BCUT2D eigenvalue weighted by molar-refractivity contribution is 6.70. The fourth-order valence-electron chi connectivity index (χ4n) is 3.76. The molecule has 22 heavy (non-hydrogen) atoms. The van der Waals surface area contributed by atoms with Crippen molar-refractivity contribution in [3.63, 3.8) is 0 Å². The van der Waals surface area contributed by atoms with E-state index in [1.165, 1.54) is 5.57 Å². The Balaban J connectivity index is 1.95. The van der Waals surface area contributed by atoms with Gasteiger partial charge in [0.1, 0.15) is 11.9 Å². The second-order valence-electron chi connectivity index (χ2n) is 7.52. The van der Waals surface area contributed by atoms with Crippen LogP contribution in [0, 0.1) is 17.8 Å². The fraction of sp³-hybridized carbons (Fsp3) is 0.500. The first kappa shape index (κ1) is 15.3. The van der Waals surface area contributed by atoms with Gasteiger partial charge in [-0.2, -0.15) is 0 Å². The molecule has 0 aromatic carbocycles. The summed E-state index contributed by atoms with van der Waals surface area (Å²) < 4.78 is 11.8. The Bertz CT molecular complexity index is 608. The number of carbonyl (C=O) groups excluding carboxylic acids is 1. The molecule has 0 aromatic rings. The molecular formula is C18H24O3Si. The minimum Gasteiger partial charge on any atom is -0.544 e. The maximum atomic E-state index is 11.9. The van der Waals surface area contributed by atoms with Crippen molar-refractivity contribution in [1.29, 1.82) is 0 Å². The van der Waals surface area contributed by atoms with Crippen LogP contribution in [-0.4, -0.2) is 20.4 Å². The van der Waals surface area contributed by atoms with E-state index >= 15 is 0 Å². The molecule has 1 heterocycles. The Kier molecular flexibility index (Phi) is 3.48. The molecular weight excluding hydrogens is 292 g/mol. The van der Waals surface area contributed by atoms with E-state index in [1.807, 2.05) is 0 Å². The molecule has 0 bridgehead atoms. The molecule has 118 valence electrons. The van der Waals surface area contributed by atoms with Gasteiger partial charge in [0, 0.05) is 23.3 Å². The van der Waals surface area contributed by atoms with Crippen LogP contribution < -0.4 is 0 Å². The van der Waals surface area contributed by atoms with Crippen molar-refractivity contribution in [2.45, 2.75) is 38.6 Å². The quantitative estimate of drug-likeness (QED) is 0.335. The molecule has 0 aromatic heterocycles. The Labute approximate surface area is 133 Å². The van der Waals surface area contributed by atoms with E-state index in [4.69, 9.17) is 9.16 Å². The van der Waals surface area contributed by atoms with Crippen LogP contribution in [0.5, 0.6) is 0 Å². The maximum absolute atomic E-state index is 11.9. The predicted octanol–water partition coefficient (Wildman–Crippen LogP) is 3.97. The molecule has 1 saturated heterocycles. The zero-order valence-electron chi connectivity index (χ0n) is 13.6. The lowest BCUT2D eigenvalue weighted by Crippen LogP contribution is -2.30. The summed E-state index contributed by atoms with van der Waals surface area (Å²) in [6.07, 6.45) is 3.75. The van der Waals surface area contributed by atoms with E-state index in [0.717, 1.165) is 24.2 Å². The molecule has 0 unspecified atom stereocenters. The largest absolute Gasteiger partial charge is 0.544 e. The molecule has 3 rings (SSSR count). The zero-order chi connectivity index (χ0) is 16.2. The number of rotatable bonds is 2. The average molecular weight is 316 g/mol.